The number of hydrogen-bond acceptors (Lipinski definition) is 2. The molecule has 0 fully saturated rings. The highest BCUT2D eigenvalue weighted by molar-refractivity contribution is 7.85. The van der Waals surface area contributed by atoms with Crippen molar-refractivity contribution in [3.8, 4) is 0 Å². The summed E-state index contributed by atoms with van der Waals surface area (Å²) in [6.07, 6.45) is 0. The Morgan fingerprint density at radius 3 is 2.31 bits per heavy atom. The largest absolute Gasteiger partial charge is 0.294 e. The molecule has 72 valence electrons. The lowest BCUT2D eigenvalue weighted by Gasteiger charge is -2.06. The van der Waals surface area contributed by atoms with Crippen LogP contribution in [0.3, 0.4) is 0 Å². The highest BCUT2D eigenvalue weighted by Crippen LogP contribution is 2.25. The molecule has 0 aliphatic carbocycles. The Kier molecular flexibility index (Phi) is 2.66. The second-order valence-electron chi connectivity index (χ2n) is 2.79. The Labute approximate surface area is 82.1 Å². The van der Waals surface area contributed by atoms with E-state index < -0.39 is 10.1 Å². The van der Waals surface area contributed by atoms with Crippen molar-refractivity contribution < 1.29 is 13.0 Å². The van der Waals surface area contributed by atoms with Crippen molar-refractivity contribution >= 4 is 21.7 Å². The third-order valence-corrected chi connectivity index (χ3v) is 3.39. The number of hydrogen-bond donors (Lipinski definition) is 1. The molecule has 0 aliphatic heterocycles. The molecule has 3 nitrogen and oxygen atoms in total. The van der Waals surface area contributed by atoms with Gasteiger partial charge in [0.2, 0.25) is 0 Å². The van der Waals surface area contributed by atoms with E-state index in [-0.39, 0.29) is 4.90 Å². The molecule has 0 aromatic heterocycles. The van der Waals surface area contributed by atoms with Crippen LogP contribution in [0, 0.1) is 13.8 Å². The Morgan fingerprint density at radius 2 is 1.85 bits per heavy atom. The van der Waals surface area contributed by atoms with Crippen LogP contribution in [0.15, 0.2) is 17.0 Å². The molecule has 0 amide bonds. The SMILES string of the molecule is Cc1ccc(S(=O)(=O)O)c(C)c1Cl. The van der Waals surface area contributed by atoms with Gasteiger partial charge in [0, 0.05) is 5.02 Å². The van der Waals surface area contributed by atoms with Crippen LogP contribution in [-0.4, -0.2) is 13.0 Å². The quantitative estimate of drug-likeness (QED) is 0.739. The predicted molar refractivity (Wildman–Crippen MR) is 50.7 cm³/mol. The van der Waals surface area contributed by atoms with Gasteiger partial charge in [-0.25, -0.2) is 0 Å². The lowest BCUT2D eigenvalue weighted by Crippen LogP contribution is -2.01. The summed E-state index contributed by atoms with van der Waals surface area (Å²) >= 11 is 5.81. The molecular weight excluding hydrogens is 212 g/mol. The topological polar surface area (TPSA) is 54.4 Å². The summed E-state index contributed by atoms with van der Waals surface area (Å²) in [6, 6.07) is 2.89. The van der Waals surface area contributed by atoms with Crippen LogP contribution in [0.25, 0.3) is 0 Å². The summed E-state index contributed by atoms with van der Waals surface area (Å²) in [4.78, 5) is -0.136. The first-order valence-corrected chi connectivity index (χ1v) is 5.39. The Hall–Kier alpha value is -0.580. The summed E-state index contributed by atoms with van der Waals surface area (Å²) in [7, 11) is -4.16. The Balaban J connectivity index is 3.53. The summed E-state index contributed by atoms with van der Waals surface area (Å²) in [5.74, 6) is 0. The van der Waals surface area contributed by atoms with E-state index in [9.17, 15) is 8.42 Å². The molecule has 0 saturated heterocycles. The van der Waals surface area contributed by atoms with Gasteiger partial charge in [-0.15, -0.1) is 0 Å². The van der Waals surface area contributed by atoms with E-state index in [4.69, 9.17) is 16.2 Å². The van der Waals surface area contributed by atoms with Crippen LogP contribution in [0.4, 0.5) is 0 Å². The molecule has 0 atom stereocenters. The fraction of sp³-hybridized carbons (Fsp3) is 0.250. The lowest BCUT2D eigenvalue weighted by atomic mass is 10.2. The molecule has 0 heterocycles. The molecule has 0 aliphatic rings. The van der Waals surface area contributed by atoms with E-state index >= 15 is 0 Å². The van der Waals surface area contributed by atoms with Crippen molar-refractivity contribution in [2.24, 2.45) is 0 Å². The first-order valence-electron chi connectivity index (χ1n) is 3.57. The van der Waals surface area contributed by atoms with Crippen LogP contribution in [-0.2, 0) is 10.1 Å². The maximum absolute atomic E-state index is 10.8. The summed E-state index contributed by atoms with van der Waals surface area (Å²) in [5, 5.41) is 0.370. The highest BCUT2D eigenvalue weighted by atomic mass is 35.5. The van der Waals surface area contributed by atoms with Crippen LogP contribution >= 0.6 is 11.6 Å². The molecule has 1 N–H and O–H groups in total. The maximum atomic E-state index is 10.8. The van der Waals surface area contributed by atoms with Crippen molar-refractivity contribution in [2.45, 2.75) is 18.7 Å². The minimum Gasteiger partial charge on any atom is -0.282 e. The van der Waals surface area contributed by atoms with Crippen molar-refractivity contribution in [1.82, 2.24) is 0 Å². The number of halogens is 1. The molecule has 13 heavy (non-hydrogen) atoms. The molecule has 5 heteroatoms. The van der Waals surface area contributed by atoms with Gasteiger partial charge in [0.15, 0.2) is 0 Å². The fourth-order valence-electron chi connectivity index (χ4n) is 1.08. The predicted octanol–water partition coefficient (Wildman–Crippen LogP) is 2.20. The van der Waals surface area contributed by atoms with Gasteiger partial charge < -0.3 is 0 Å². The zero-order valence-corrected chi connectivity index (χ0v) is 8.78. The standard InChI is InChI=1S/C8H9ClO3S/c1-5-3-4-7(13(10,11)12)6(2)8(5)9/h3-4H,1-2H3,(H,10,11,12). The Bertz CT molecular complexity index is 437. The molecule has 0 unspecified atom stereocenters. The van der Waals surface area contributed by atoms with E-state index in [1.54, 1.807) is 19.9 Å². The third-order valence-electron chi connectivity index (χ3n) is 1.81. The van der Waals surface area contributed by atoms with Crippen molar-refractivity contribution in [3.63, 3.8) is 0 Å². The van der Waals surface area contributed by atoms with Gasteiger partial charge in [0.25, 0.3) is 10.1 Å². The highest BCUT2D eigenvalue weighted by Gasteiger charge is 2.15. The minimum absolute atomic E-state index is 0.136. The zero-order valence-electron chi connectivity index (χ0n) is 7.20. The van der Waals surface area contributed by atoms with Gasteiger partial charge in [-0.3, -0.25) is 4.55 Å². The molecule has 1 aromatic carbocycles. The summed E-state index contributed by atoms with van der Waals surface area (Å²) < 4.78 is 30.4. The van der Waals surface area contributed by atoms with Gasteiger partial charge >= 0.3 is 0 Å². The van der Waals surface area contributed by atoms with Crippen LogP contribution in [0.5, 0.6) is 0 Å². The van der Waals surface area contributed by atoms with Crippen molar-refractivity contribution in [3.05, 3.63) is 28.3 Å². The maximum Gasteiger partial charge on any atom is 0.294 e. The van der Waals surface area contributed by atoms with Gasteiger partial charge in [-0.2, -0.15) is 8.42 Å². The van der Waals surface area contributed by atoms with Crippen LogP contribution < -0.4 is 0 Å². The van der Waals surface area contributed by atoms with Crippen LogP contribution in [0.2, 0.25) is 5.02 Å². The third kappa shape index (κ3) is 2.02. The van der Waals surface area contributed by atoms with Crippen LogP contribution in [0.1, 0.15) is 11.1 Å². The van der Waals surface area contributed by atoms with E-state index in [1.807, 2.05) is 0 Å². The molecule has 0 saturated carbocycles. The minimum atomic E-state index is -4.16. The van der Waals surface area contributed by atoms with Gasteiger partial charge in [-0.05, 0) is 31.0 Å². The Morgan fingerprint density at radius 1 is 1.31 bits per heavy atom. The number of benzene rings is 1. The molecule has 1 rings (SSSR count). The lowest BCUT2D eigenvalue weighted by molar-refractivity contribution is 0.482. The fourth-order valence-corrected chi connectivity index (χ4v) is 2.03. The number of rotatable bonds is 1. The second kappa shape index (κ2) is 3.29. The normalized spacial score (nSPS) is 11.7. The monoisotopic (exact) mass is 220 g/mol. The van der Waals surface area contributed by atoms with Gasteiger partial charge in [-0.1, -0.05) is 17.7 Å². The first kappa shape index (κ1) is 10.5. The van der Waals surface area contributed by atoms with Gasteiger partial charge in [0.1, 0.15) is 0 Å². The molecular formula is C8H9ClO3S. The van der Waals surface area contributed by atoms with E-state index in [2.05, 4.69) is 0 Å². The molecule has 0 bridgehead atoms. The average molecular weight is 221 g/mol. The summed E-state index contributed by atoms with van der Waals surface area (Å²) in [5.41, 5.74) is 1.16. The van der Waals surface area contributed by atoms with E-state index in [0.717, 1.165) is 5.56 Å². The number of aryl methyl sites for hydroxylation is 1. The average Bonchev–Trinajstić information content (AvgIpc) is 1.98. The van der Waals surface area contributed by atoms with Crippen molar-refractivity contribution in [2.75, 3.05) is 0 Å². The smallest absolute Gasteiger partial charge is 0.282 e. The van der Waals surface area contributed by atoms with Gasteiger partial charge in [0.05, 0.1) is 4.90 Å². The zero-order chi connectivity index (χ0) is 10.2. The first-order chi connectivity index (χ1) is 5.84. The van der Waals surface area contributed by atoms with E-state index in [0.29, 0.717) is 10.6 Å². The molecule has 0 radical (unpaired) electrons. The second-order valence-corrected chi connectivity index (χ2v) is 4.56. The summed E-state index contributed by atoms with van der Waals surface area (Å²) in [6.45, 7) is 3.32. The van der Waals surface area contributed by atoms with E-state index in [1.165, 1.54) is 6.07 Å². The molecule has 1 aromatic rings. The van der Waals surface area contributed by atoms with Crippen molar-refractivity contribution in [1.29, 1.82) is 0 Å². The molecule has 0 spiro atoms.